The van der Waals surface area contributed by atoms with Gasteiger partial charge in [-0.1, -0.05) is 18.7 Å². The van der Waals surface area contributed by atoms with Gasteiger partial charge in [-0.05, 0) is 13.3 Å². The van der Waals surface area contributed by atoms with Crippen molar-refractivity contribution in [1.29, 1.82) is 0 Å². The van der Waals surface area contributed by atoms with Gasteiger partial charge < -0.3 is 4.74 Å². The molecule has 0 fully saturated rings. The largest absolute Gasteiger partial charge is 0.432 e. The summed E-state index contributed by atoms with van der Waals surface area (Å²) >= 11 is 0. The summed E-state index contributed by atoms with van der Waals surface area (Å²) in [5.41, 5.74) is 0.574. The van der Waals surface area contributed by atoms with Crippen LogP contribution in [0.1, 0.15) is 13.3 Å². The van der Waals surface area contributed by atoms with Gasteiger partial charge in [0.2, 0.25) is 0 Å². The van der Waals surface area contributed by atoms with Crippen LogP contribution in [0.15, 0.2) is 37.1 Å². The minimum absolute atomic E-state index is 0.359. The SMILES string of the molecule is C=CCC=C(C)C(=O)OC=C. The van der Waals surface area contributed by atoms with Gasteiger partial charge in [0.15, 0.2) is 0 Å². The number of esters is 1. The van der Waals surface area contributed by atoms with Crippen LogP contribution in [0.2, 0.25) is 0 Å². The fourth-order valence-electron chi connectivity index (χ4n) is 0.512. The molecule has 0 amide bonds. The minimum atomic E-state index is -0.359. The summed E-state index contributed by atoms with van der Waals surface area (Å²) in [5.74, 6) is -0.359. The summed E-state index contributed by atoms with van der Waals surface area (Å²) in [6.45, 7) is 8.48. The molecule has 11 heavy (non-hydrogen) atoms. The second-order valence-corrected chi connectivity index (χ2v) is 1.98. The van der Waals surface area contributed by atoms with E-state index in [2.05, 4.69) is 17.9 Å². The lowest BCUT2D eigenvalue weighted by molar-refractivity contribution is -0.133. The second kappa shape index (κ2) is 5.47. The Morgan fingerprint density at radius 2 is 2.18 bits per heavy atom. The Hall–Kier alpha value is -1.31. The Bertz CT molecular complexity index is 190. The summed E-state index contributed by atoms with van der Waals surface area (Å²) < 4.78 is 4.52. The second-order valence-electron chi connectivity index (χ2n) is 1.98. The Labute approximate surface area is 66.9 Å². The molecule has 0 saturated carbocycles. The molecule has 2 nitrogen and oxygen atoms in total. The molecule has 0 aromatic rings. The van der Waals surface area contributed by atoms with Crippen LogP contribution in [0.4, 0.5) is 0 Å². The minimum Gasteiger partial charge on any atom is -0.432 e. The fourth-order valence-corrected chi connectivity index (χ4v) is 0.512. The summed E-state index contributed by atoms with van der Waals surface area (Å²) in [6, 6.07) is 0. The molecule has 0 saturated heterocycles. The van der Waals surface area contributed by atoms with Crippen LogP contribution in [-0.2, 0) is 9.53 Å². The first-order valence-electron chi connectivity index (χ1n) is 3.32. The lowest BCUT2D eigenvalue weighted by atomic mass is 10.2. The van der Waals surface area contributed by atoms with E-state index in [9.17, 15) is 4.79 Å². The number of hydrogen-bond donors (Lipinski definition) is 0. The summed E-state index contributed by atoms with van der Waals surface area (Å²) in [7, 11) is 0. The zero-order chi connectivity index (χ0) is 8.69. The zero-order valence-corrected chi connectivity index (χ0v) is 6.67. The van der Waals surface area contributed by atoms with Crippen LogP contribution in [0.3, 0.4) is 0 Å². The quantitative estimate of drug-likeness (QED) is 0.267. The molecule has 0 aliphatic carbocycles. The van der Waals surface area contributed by atoms with Gasteiger partial charge in [-0.15, -0.1) is 6.58 Å². The summed E-state index contributed by atoms with van der Waals surface area (Å²) in [4.78, 5) is 10.9. The maximum absolute atomic E-state index is 10.9. The summed E-state index contributed by atoms with van der Waals surface area (Å²) in [5, 5.41) is 0. The van der Waals surface area contributed by atoms with Crippen molar-refractivity contribution in [2.75, 3.05) is 0 Å². The van der Waals surface area contributed by atoms with E-state index in [1.54, 1.807) is 19.1 Å². The van der Waals surface area contributed by atoms with Gasteiger partial charge in [0.1, 0.15) is 0 Å². The third-order valence-corrected chi connectivity index (χ3v) is 1.10. The molecule has 0 spiro atoms. The van der Waals surface area contributed by atoms with Gasteiger partial charge in [-0.25, -0.2) is 4.79 Å². The van der Waals surface area contributed by atoms with Gasteiger partial charge in [0.25, 0.3) is 0 Å². The third kappa shape index (κ3) is 4.14. The van der Waals surface area contributed by atoms with E-state index >= 15 is 0 Å². The normalized spacial score (nSPS) is 10.5. The maximum Gasteiger partial charge on any atom is 0.338 e. The van der Waals surface area contributed by atoms with E-state index in [0.29, 0.717) is 12.0 Å². The Balaban J connectivity index is 3.99. The molecule has 0 aromatic heterocycles. The molecule has 0 unspecified atom stereocenters. The van der Waals surface area contributed by atoms with Crippen molar-refractivity contribution in [3.05, 3.63) is 37.1 Å². The maximum atomic E-state index is 10.9. The molecule has 0 heterocycles. The molecular weight excluding hydrogens is 140 g/mol. The van der Waals surface area contributed by atoms with Crippen molar-refractivity contribution in [2.45, 2.75) is 13.3 Å². The first-order valence-corrected chi connectivity index (χ1v) is 3.32. The van der Waals surface area contributed by atoms with Gasteiger partial charge in [-0.3, -0.25) is 0 Å². The van der Waals surface area contributed by atoms with Crippen LogP contribution in [0.25, 0.3) is 0 Å². The molecule has 0 radical (unpaired) electrons. The van der Waals surface area contributed by atoms with Crippen LogP contribution in [0.5, 0.6) is 0 Å². The average molecular weight is 152 g/mol. The van der Waals surface area contributed by atoms with Crippen LogP contribution >= 0.6 is 0 Å². The van der Waals surface area contributed by atoms with Gasteiger partial charge in [0, 0.05) is 5.57 Å². The van der Waals surface area contributed by atoms with Crippen molar-refractivity contribution >= 4 is 5.97 Å². The van der Waals surface area contributed by atoms with Crippen molar-refractivity contribution < 1.29 is 9.53 Å². The summed E-state index contributed by atoms with van der Waals surface area (Å²) in [6.07, 6.45) is 5.26. The van der Waals surface area contributed by atoms with E-state index in [1.807, 2.05) is 0 Å². The van der Waals surface area contributed by atoms with Crippen molar-refractivity contribution in [3.8, 4) is 0 Å². The lowest BCUT2D eigenvalue weighted by Gasteiger charge is -1.96. The van der Waals surface area contributed by atoms with Crippen LogP contribution < -0.4 is 0 Å². The number of carbonyl (C=O) groups excluding carboxylic acids is 1. The highest BCUT2D eigenvalue weighted by Gasteiger charge is 2.00. The molecule has 0 aromatic carbocycles. The Morgan fingerprint density at radius 1 is 1.55 bits per heavy atom. The monoisotopic (exact) mass is 152 g/mol. The molecule has 60 valence electrons. The molecule has 0 N–H and O–H groups in total. The number of rotatable bonds is 4. The van der Waals surface area contributed by atoms with E-state index in [0.717, 1.165) is 6.26 Å². The van der Waals surface area contributed by atoms with Crippen molar-refractivity contribution in [1.82, 2.24) is 0 Å². The number of carbonyl (C=O) groups is 1. The Kier molecular flexibility index (Phi) is 4.82. The molecular formula is C9H12O2. The standard InChI is InChI=1S/C9H12O2/c1-4-6-7-8(3)9(10)11-5-2/h4-5,7H,1-2,6H2,3H3. The van der Waals surface area contributed by atoms with E-state index < -0.39 is 0 Å². The van der Waals surface area contributed by atoms with E-state index in [1.165, 1.54) is 0 Å². The third-order valence-electron chi connectivity index (χ3n) is 1.10. The molecule has 2 heteroatoms. The first kappa shape index (κ1) is 9.69. The molecule has 0 aliphatic rings. The molecule has 0 atom stereocenters. The predicted molar refractivity (Wildman–Crippen MR) is 44.9 cm³/mol. The molecule has 0 rings (SSSR count). The highest BCUT2D eigenvalue weighted by atomic mass is 16.5. The highest BCUT2D eigenvalue weighted by molar-refractivity contribution is 5.88. The van der Waals surface area contributed by atoms with Crippen molar-refractivity contribution in [2.24, 2.45) is 0 Å². The van der Waals surface area contributed by atoms with Gasteiger partial charge in [0.05, 0.1) is 6.26 Å². The van der Waals surface area contributed by atoms with Crippen LogP contribution in [0, 0.1) is 0 Å². The van der Waals surface area contributed by atoms with Gasteiger partial charge in [-0.2, -0.15) is 0 Å². The lowest BCUT2D eigenvalue weighted by Crippen LogP contribution is -2.00. The van der Waals surface area contributed by atoms with Crippen LogP contribution in [-0.4, -0.2) is 5.97 Å². The topological polar surface area (TPSA) is 26.3 Å². The number of allylic oxidation sites excluding steroid dienone is 2. The number of ether oxygens (including phenoxy) is 1. The van der Waals surface area contributed by atoms with E-state index in [4.69, 9.17) is 0 Å². The Morgan fingerprint density at radius 3 is 2.64 bits per heavy atom. The number of hydrogen-bond acceptors (Lipinski definition) is 2. The van der Waals surface area contributed by atoms with Gasteiger partial charge >= 0.3 is 5.97 Å². The highest BCUT2D eigenvalue weighted by Crippen LogP contribution is 1.98. The van der Waals surface area contributed by atoms with E-state index in [-0.39, 0.29) is 5.97 Å². The zero-order valence-electron chi connectivity index (χ0n) is 6.67. The van der Waals surface area contributed by atoms with Crippen molar-refractivity contribution in [3.63, 3.8) is 0 Å². The first-order chi connectivity index (χ1) is 5.22. The molecule has 0 bridgehead atoms. The predicted octanol–water partition coefficient (Wildman–Crippen LogP) is 2.20. The smallest absolute Gasteiger partial charge is 0.338 e. The molecule has 0 aliphatic heterocycles. The fraction of sp³-hybridized carbons (Fsp3) is 0.222. The average Bonchev–Trinajstić information content (AvgIpc) is 2.00.